The quantitative estimate of drug-likeness (QED) is 0.234. The lowest BCUT2D eigenvalue weighted by atomic mass is 10.2. The Kier molecular flexibility index (Phi) is 7.32. The Morgan fingerprint density at radius 1 is 1.19 bits per heavy atom. The molecule has 1 aromatic carbocycles. The molecule has 3 aromatic rings. The molecule has 3 rings (SSSR count). The third-order valence-corrected chi connectivity index (χ3v) is 4.24. The van der Waals surface area contributed by atoms with Crippen LogP contribution < -0.4 is 16.0 Å². The highest BCUT2D eigenvalue weighted by atomic mass is 32.1. The number of rotatable bonds is 10. The van der Waals surface area contributed by atoms with Gasteiger partial charge in [-0.1, -0.05) is 17.4 Å². The zero-order valence-electron chi connectivity index (χ0n) is 16.1. The van der Waals surface area contributed by atoms with E-state index < -0.39 is 11.6 Å². The Bertz CT molecular complexity index is 1050. The molecule has 13 heteroatoms. The Hall–Kier alpha value is -3.74. The molecule has 0 bridgehead atoms. The molecule has 0 unspecified atom stereocenters. The standard InChI is InChI=1S/C18H18F2N8O2S/c19-14-6-13(28-9-12(25-26-28)8-23-17(31)11-29)7-15(20)18(14)22-4-3-21-16(30)10-27-5-1-2-24-27/h1-2,5-7,9,11,22H,3-4,8,10H2,(H,21,30)(H,23,31). The van der Waals surface area contributed by atoms with Crippen LogP contribution in [-0.4, -0.2) is 55.0 Å². The van der Waals surface area contributed by atoms with Gasteiger partial charge in [0, 0.05) is 37.6 Å². The zero-order valence-corrected chi connectivity index (χ0v) is 16.9. The monoisotopic (exact) mass is 448 g/mol. The summed E-state index contributed by atoms with van der Waals surface area (Å²) in [4.78, 5) is 22.3. The highest BCUT2D eigenvalue weighted by molar-refractivity contribution is 7.81. The second-order valence-electron chi connectivity index (χ2n) is 6.25. The first-order chi connectivity index (χ1) is 15.0. The maximum Gasteiger partial charge on any atom is 0.241 e. The normalized spacial score (nSPS) is 10.5. The number of hydrogen-bond donors (Lipinski definition) is 3. The van der Waals surface area contributed by atoms with Crippen molar-refractivity contribution in [2.45, 2.75) is 13.1 Å². The predicted octanol–water partition coefficient (Wildman–Crippen LogP) is 0.586. The number of halogens is 2. The second kappa shape index (κ2) is 10.3. The fourth-order valence-electron chi connectivity index (χ4n) is 2.57. The van der Waals surface area contributed by atoms with Crippen molar-refractivity contribution in [3.05, 3.63) is 54.1 Å². The minimum Gasteiger partial charge on any atom is -0.379 e. The third-order valence-electron chi connectivity index (χ3n) is 4.00. The van der Waals surface area contributed by atoms with Crippen LogP contribution in [-0.2, 0) is 22.7 Å². The number of nitrogens with one attached hydrogen (secondary N) is 3. The molecule has 162 valence electrons. The molecule has 0 fully saturated rings. The first kappa shape index (κ1) is 22.0. The van der Waals surface area contributed by atoms with E-state index in [9.17, 15) is 18.4 Å². The van der Waals surface area contributed by atoms with E-state index in [0.717, 1.165) is 12.1 Å². The first-order valence-electron chi connectivity index (χ1n) is 9.08. The van der Waals surface area contributed by atoms with Gasteiger partial charge in [-0.2, -0.15) is 5.10 Å². The summed E-state index contributed by atoms with van der Waals surface area (Å²) in [5.74, 6) is -1.92. The van der Waals surface area contributed by atoms with Crippen LogP contribution >= 0.6 is 12.2 Å². The van der Waals surface area contributed by atoms with Gasteiger partial charge in [-0.05, 0) is 6.07 Å². The van der Waals surface area contributed by atoms with Crippen molar-refractivity contribution in [2.75, 3.05) is 18.4 Å². The average molecular weight is 448 g/mol. The predicted molar refractivity (Wildman–Crippen MR) is 111 cm³/mol. The minimum atomic E-state index is -0.824. The lowest BCUT2D eigenvalue weighted by molar-refractivity contribution is -0.121. The molecule has 0 radical (unpaired) electrons. The average Bonchev–Trinajstić information content (AvgIpc) is 3.42. The van der Waals surface area contributed by atoms with Crippen LogP contribution in [0.1, 0.15) is 5.69 Å². The van der Waals surface area contributed by atoms with Crippen molar-refractivity contribution in [3.63, 3.8) is 0 Å². The number of benzene rings is 1. The highest BCUT2D eigenvalue weighted by Gasteiger charge is 2.13. The maximum absolute atomic E-state index is 14.4. The lowest BCUT2D eigenvalue weighted by Crippen LogP contribution is -2.32. The summed E-state index contributed by atoms with van der Waals surface area (Å²) in [6.45, 7) is 0.492. The van der Waals surface area contributed by atoms with E-state index in [1.165, 1.54) is 15.6 Å². The molecule has 0 saturated carbocycles. The van der Waals surface area contributed by atoms with Gasteiger partial charge in [-0.15, -0.1) is 5.10 Å². The van der Waals surface area contributed by atoms with Crippen LogP contribution in [0.25, 0.3) is 5.69 Å². The Balaban J connectivity index is 1.54. The summed E-state index contributed by atoms with van der Waals surface area (Å²) in [5.41, 5.74) is 0.242. The molecule has 1 amide bonds. The Morgan fingerprint density at radius 2 is 1.97 bits per heavy atom. The Morgan fingerprint density at radius 3 is 2.65 bits per heavy atom. The van der Waals surface area contributed by atoms with Crippen molar-refractivity contribution in [2.24, 2.45) is 0 Å². The van der Waals surface area contributed by atoms with E-state index in [-0.39, 0.29) is 48.4 Å². The lowest BCUT2D eigenvalue weighted by Gasteiger charge is -2.11. The van der Waals surface area contributed by atoms with Gasteiger partial charge in [-0.25, -0.2) is 13.5 Å². The molecule has 0 aliphatic carbocycles. The zero-order chi connectivity index (χ0) is 22.2. The van der Waals surface area contributed by atoms with Gasteiger partial charge < -0.3 is 16.0 Å². The van der Waals surface area contributed by atoms with Crippen molar-refractivity contribution in [1.29, 1.82) is 0 Å². The smallest absolute Gasteiger partial charge is 0.241 e. The highest BCUT2D eigenvalue weighted by Crippen LogP contribution is 2.22. The molecular formula is C18H18F2N8O2S. The summed E-state index contributed by atoms with van der Waals surface area (Å²) < 4.78 is 31.5. The number of hydrogen-bond acceptors (Lipinski definition) is 7. The van der Waals surface area contributed by atoms with Gasteiger partial charge in [0.05, 0.1) is 18.4 Å². The van der Waals surface area contributed by atoms with E-state index in [2.05, 4.69) is 31.4 Å². The molecule has 31 heavy (non-hydrogen) atoms. The minimum absolute atomic E-state index is 0.0136. The number of nitrogens with zero attached hydrogens (tertiary/aromatic N) is 5. The molecule has 0 atom stereocenters. The maximum atomic E-state index is 14.4. The number of carbonyl (C=O) groups is 2. The molecule has 2 aromatic heterocycles. The number of aldehydes is 1. The van der Waals surface area contributed by atoms with Crippen molar-refractivity contribution in [3.8, 4) is 5.69 Å². The molecular weight excluding hydrogens is 430 g/mol. The van der Waals surface area contributed by atoms with E-state index in [4.69, 9.17) is 12.2 Å². The van der Waals surface area contributed by atoms with Crippen LogP contribution in [0, 0.1) is 11.6 Å². The van der Waals surface area contributed by atoms with E-state index >= 15 is 0 Å². The fourth-order valence-corrected chi connectivity index (χ4v) is 2.64. The van der Waals surface area contributed by atoms with E-state index in [1.807, 2.05) is 0 Å². The SMILES string of the molecule is O=CC(=S)NCc1cn(-c2cc(F)c(NCCNC(=O)Cn3cccn3)c(F)c2)nn1. The second-order valence-corrected chi connectivity index (χ2v) is 6.69. The fraction of sp³-hybridized carbons (Fsp3) is 0.222. The summed E-state index contributed by atoms with van der Waals surface area (Å²) in [6, 6.07) is 3.90. The van der Waals surface area contributed by atoms with Gasteiger partial charge in [-0.3, -0.25) is 14.3 Å². The molecule has 3 N–H and O–H groups in total. The van der Waals surface area contributed by atoms with Crippen LogP contribution in [0.2, 0.25) is 0 Å². The largest absolute Gasteiger partial charge is 0.379 e. The number of carbonyl (C=O) groups excluding carboxylic acids is 2. The van der Waals surface area contributed by atoms with Crippen LogP contribution in [0.15, 0.2) is 36.8 Å². The van der Waals surface area contributed by atoms with Crippen LogP contribution in [0.4, 0.5) is 14.5 Å². The Labute approximate surface area is 180 Å². The van der Waals surface area contributed by atoms with Gasteiger partial charge in [0.1, 0.15) is 22.9 Å². The molecule has 10 nitrogen and oxygen atoms in total. The summed E-state index contributed by atoms with van der Waals surface area (Å²) >= 11 is 4.72. The number of anilines is 1. The molecule has 0 spiro atoms. The summed E-state index contributed by atoms with van der Waals surface area (Å²) in [6.07, 6.45) is 5.15. The third kappa shape index (κ3) is 6.12. The van der Waals surface area contributed by atoms with E-state index in [0.29, 0.717) is 12.0 Å². The van der Waals surface area contributed by atoms with Crippen LogP contribution in [0.3, 0.4) is 0 Å². The molecule has 2 heterocycles. The first-order valence-corrected chi connectivity index (χ1v) is 9.48. The van der Waals surface area contributed by atoms with Gasteiger partial charge >= 0.3 is 0 Å². The number of aromatic nitrogens is 5. The summed E-state index contributed by atoms with van der Waals surface area (Å²) in [5, 5.41) is 19.5. The van der Waals surface area contributed by atoms with Gasteiger partial charge in [0.15, 0.2) is 17.9 Å². The van der Waals surface area contributed by atoms with Crippen molar-refractivity contribution in [1.82, 2.24) is 35.4 Å². The molecule has 0 saturated heterocycles. The van der Waals surface area contributed by atoms with E-state index in [1.54, 1.807) is 18.5 Å². The van der Waals surface area contributed by atoms with Gasteiger partial charge in [0.25, 0.3) is 0 Å². The number of amides is 1. The molecule has 0 aliphatic heterocycles. The topological polar surface area (TPSA) is 119 Å². The number of thiocarbonyl (C=S) groups is 1. The van der Waals surface area contributed by atoms with Crippen LogP contribution in [0.5, 0.6) is 0 Å². The van der Waals surface area contributed by atoms with Crippen molar-refractivity contribution < 1.29 is 18.4 Å². The summed E-state index contributed by atoms with van der Waals surface area (Å²) in [7, 11) is 0. The van der Waals surface area contributed by atoms with Gasteiger partial charge in [0.2, 0.25) is 5.91 Å². The van der Waals surface area contributed by atoms with Crippen molar-refractivity contribution >= 4 is 35.1 Å². The molecule has 0 aliphatic rings.